The van der Waals surface area contributed by atoms with Crippen molar-refractivity contribution in [3.63, 3.8) is 0 Å². The number of anilines is 1. The predicted octanol–water partition coefficient (Wildman–Crippen LogP) is 3.15. The quantitative estimate of drug-likeness (QED) is 0.905. The molecule has 0 fully saturated rings. The first-order valence-corrected chi connectivity index (χ1v) is 7.49. The highest BCUT2D eigenvalue weighted by Gasteiger charge is 2.21. The van der Waals surface area contributed by atoms with E-state index in [1.54, 1.807) is 57.2 Å². The maximum Gasteiger partial charge on any atom is 0.255 e. The number of carbonyl (C=O) groups is 2. The smallest absolute Gasteiger partial charge is 0.255 e. The van der Waals surface area contributed by atoms with Crippen LogP contribution < -0.4 is 11.1 Å². The Kier molecular flexibility index (Phi) is 4.70. The van der Waals surface area contributed by atoms with Crippen LogP contribution in [0.3, 0.4) is 0 Å². The zero-order chi connectivity index (χ0) is 17.9. The van der Waals surface area contributed by atoms with Gasteiger partial charge in [0.2, 0.25) is 5.91 Å². The van der Waals surface area contributed by atoms with Crippen molar-refractivity contribution in [1.82, 2.24) is 0 Å². The van der Waals surface area contributed by atoms with Gasteiger partial charge in [0.05, 0.1) is 11.5 Å². The highest BCUT2D eigenvalue weighted by Crippen LogP contribution is 2.24. The standard InChI is InChI=1S/C19H19N3O2/c1-12-15(17(21)23)8-5-9-16(12)22-18(24)13-6-4-7-14(10-13)19(2,3)11-20/h4-10H,1-3H3,(H2,21,23)(H,22,24). The van der Waals surface area contributed by atoms with Crippen molar-refractivity contribution in [1.29, 1.82) is 5.26 Å². The Labute approximate surface area is 141 Å². The zero-order valence-corrected chi connectivity index (χ0v) is 13.9. The fourth-order valence-corrected chi connectivity index (χ4v) is 2.35. The monoisotopic (exact) mass is 321 g/mol. The lowest BCUT2D eigenvalue weighted by atomic mass is 9.85. The molecule has 2 rings (SSSR count). The SMILES string of the molecule is Cc1c(NC(=O)c2cccc(C(C)(C)C#N)c2)cccc1C(N)=O. The average molecular weight is 321 g/mol. The normalized spacial score (nSPS) is 10.8. The van der Waals surface area contributed by atoms with Gasteiger partial charge in [0, 0.05) is 16.8 Å². The van der Waals surface area contributed by atoms with Crippen LogP contribution in [0.5, 0.6) is 0 Å². The summed E-state index contributed by atoms with van der Waals surface area (Å²) in [6.07, 6.45) is 0. The van der Waals surface area contributed by atoms with Crippen LogP contribution in [0.15, 0.2) is 42.5 Å². The molecule has 2 amide bonds. The molecule has 0 aliphatic carbocycles. The second-order valence-corrected chi connectivity index (χ2v) is 6.11. The van der Waals surface area contributed by atoms with Gasteiger partial charge in [-0.05, 0) is 56.2 Å². The molecule has 0 spiro atoms. The molecule has 0 aromatic heterocycles. The summed E-state index contributed by atoms with van der Waals surface area (Å²) in [5.41, 5.74) is 7.37. The maximum atomic E-state index is 12.5. The molecule has 0 unspecified atom stereocenters. The van der Waals surface area contributed by atoms with Crippen molar-refractivity contribution in [2.45, 2.75) is 26.2 Å². The molecule has 0 heterocycles. The molecule has 3 N–H and O–H groups in total. The molecule has 0 saturated carbocycles. The summed E-state index contributed by atoms with van der Waals surface area (Å²) in [4.78, 5) is 23.9. The van der Waals surface area contributed by atoms with Crippen molar-refractivity contribution in [2.24, 2.45) is 5.73 Å². The van der Waals surface area contributed by atoms with Gasteiger partial charge in [0.15, 0.2) is 0 Å². The summed E-state index contributed by atoms with van der Waals surface area (Å²) in [6, 6.07) is 14.2. The van der Waals surface area contributed by atoms with Crippen LogP contribution in [0.2, 0.25) is 0 Å². The van der Waals surface area contributed by atoms with Crippen molar-refractivity contribution in [3.8, 4) is 6.07 Å². The number of carbonyl (C=O) groups excluding carboxylic acids is 2. The van der Waals surface area contributed by atoms with Crippen LogP contribution in [0.25, 0.3) is 0 Å². The van der Waals surface area contributed by atoms with Gasteiger partial charge in [-0.1, -0.05) is 18.2 Å². The molecule has 122 valence electrons. The Morgan fingerprint density at radius 1 is 1.17 bits per heavy atom. The Bertz CT molecular complexity index is 848. The summed E-state index contributed by atoms with van der Waals surface area (Å²) < 4.78 is 0. The van der Waals surface area contributed by atoms with Gasteiger partial charge < -0.3 is 11.1 Å². The lowest BCUT2D eigenvalue weighted by Gasteiger charge is -2.17. The van der Waals surface area contributed by atoms with Gasteiger partial charge in [-0.15, -0.1) is 0 Å². The first-order valence-electron chi connectivity index (χ1n) is 7.49. The molecule has 2 aromatic carbocycles. The molecule has 0 saturated heterocycles. The molecule has 0 aliphatic rings. The lowest BCUT2D eigenvalue weighted by Crippen LogP contribution is -2.18. The minimum absolute atomic E-state index is 0.310. The minimum atomic E-state index is -0.682. The van der Waals surface area contributed by atoms with E-state index in [4.69, 9.17) is 5.73 Å². The second-order valence-electron chi connectivity index (χ2n) is 6.11. The van der Waals surface area contributed by atoms with E-state index in [2.05, 4.69) is 11.4 Å². The van der Waals surface area contributed by atoms with Crippen LogP contribution in [0, 0.1) is 18.3 Å². The van der Waals surface area contributed by atoms with Gasteiger partial charge in [0.1, 0.15) is 0 Å². The number of nitrogens with two attached hydrogens (primary N) is 1. The Hall–Kier alpha value is -3.13. The third kappa shape index (κ3) is 3.44. The molecule has 0 atom stereocenters. The van der Waals surface area contributed by atoms with Gasteiger partial charge in [-0.25, -0.2) is 0 Å². The maximum absolute atomic E-state index is 12.5. The number of hydrogen-bond acceptors (Lipinski definition) is 3. The van der Waals surface area contributed by atoms with Crippen LogP contribution in [-0.2, 0) is 5.41 Å². The van der Waals surface area contributed by atoms with E-state index in [1.165, 1.54) is 0 Å². The fraction of sp³-hybridized carbons (Fsp3) is 0.211. The van der Waals surface area contributed by atoms with Crippen LogP contribution in [0.1, 0.15) is 45.7 Å². The van der Waals surface area contributed by atoms with Crippen LogP contribution >= 0.6 is 0 Å². The van der Waals surface area contributed by atoms with Crippen LogP contribution in [-0.4, -0.2) is 11.8 Å². The van der Waals surface area contributed by atoms with Crippen molar-refractivity contribution >= 4 is 17.5 Å². The number of hydrogen-bond donors (Lipinski definition) is 2. The molecule has 5 heteroatoms. The third-order valence-electron chi connectivity index (χ3n) is 3.97. The van der Waals surface area contributed by atoms with E-state index in [0.717, 1.165) is 5.56 Å². The Balaban J connectivity index is 2.32. The van der Waals surface area contributed by atoms with E-state index in [1.807, 2.05) is 6.07 Å². The average Bonchev–Trinajstić information content (AvgIpc) is 2.56. The van der Waals surface area contributed by atoms with Crippen molar-refractivity contribution in [2.75, 3.05) is 5.32 Å². The fourth-order valence-electron chi connectivity index (χ4n) is 2.35. The summed E-state index contributed by atoms with van der Waals surface area (Å²) in [7, 11) is 0. The van der Waals surface area contributed by atoms with Crippen LogP contribution in [0.4, 0.5) is 5.69 Å². The first-order chi connectivity index (χ1) is 11.3. The number of nitrogens with one attached hydrogen (secondary N) is 1. The number of primary amides is 1. The van der Waals surface area contributed by atoms with Gasteiger partial charge >= 0.3 is 0 Å². The molecule has 0 bridgehead atoms. The van der Waals surface area contributed by atoms with Crippen molar-refractivity contribution < 1.29 is 9.59 Å². The van der Waals surface area contributed by atoms with Gasteiger partial charge in [0.25, 0.3) is 5.91 Å². The largest absolute Gasteiger partial charge is 0.366 e. The molecular weight excluding hydrogens is 302 g/mol. The number of benzene rings is 2. The third-order valence-corrected chi connectivity index (χ3v) is 3.97. The van der Waals surface area contributed by atoms with E-state index in [-0.39, 0.29) is 5.91 Å². The summed E-state index contributed by atoms with van der Waals surface area (Å²) >= 11 is 0. The zero-order valence-electron chi connectivity index (χ0n) is 13.9. The molecule has 5 nitrogen and oxygen atoms in total. The number of amides is 2. The van der Waals surface area contributed by atoms with E-state index >= 15 is 0 Å². The number of rotatable bonds is 4. The summed E-state index contributed by atoms with van der Waals surface area (Å²) in [6.45, 7) is 5.32. The summed E-state index contributed by atoms with van der Waals surface area (Å²) in [5, 5.41) is 12.0. The number of nitriles is 1. The van der Waals surface area contributed by atoms with Crippen molar-refractivity contribution in [3.05, 3.63) is 64.7 Å². The Morgan fingerprint density at radius 2 is 1.83 bits per heavy atom. The Morgan fingerprint density at radius 3 is 2.46 bits per heavy atom. The molecule has 2 aromatic rings. The molecule has 24 heavy (non-hydrogen) atoms. The lowest BCUT2D eigenvalue weighted by molar-refractivity contribution is 0.0995. The summed E-state index contributed by atoms with van der Waals surface area (Å²) in [5.74, 6) is -0.850. The first kappa shape index (κ1) is 17.2. The topological polar surface area (TPSA) is 96.0 Å². The highest BCUT2D eigenvalue weighted by molar-refractivity contribution is 6.06. The van der Waals surface area contributed by atoms with E-state index in [9.17, 15) is 14.9 Å². The highest BCUT2D eigenvalue weighted by atomic mass is 16.2. The molecular formula is C19H19N3O2. The van der Waals surface area contributed by atoms with E-state index in [0.29, 0.717) is 22.4 Å². The van der Waals surface area contributed by atoms with Gasteiger partial charge in [-0.3, -0.25) is 9.59 Å². The van der Waals surface area contributed by atoms with E-state index < -0.39 is 11.3 Å². The molecule has 0 radical (unpaired) electrons. The predicted molar refractivity (Wildman–Crippen MR) is 92.7 cm³/mol. The molecule has 0 aliphatic heterocycles. The minimum Gasteiger partial charge on any atom is -0.366 e. The number of nitrogens with zero attached hydrogens (tertiary/aromatic N) is 1. The van der Waals surface area contributed by atoms with Gasteiger partial charge in [-0.2, -0.15) is 5.26 Å². The second kappa shape index (κ2) is 6.55.